The van der Waals surface area contributed by atoms with E-state index >= 15 is 0 Å². The van der Waals surface area contributed by atoms with Gasteiger partial charge < -0.3 is 5.11 Å². The van der Waals surface area contributed by atoms with Crippen LogP contribution < -0.4 is 0 Å². The quantitative estimate of drug-likeness (QED) is 0.865. The molecule has 0 aliphatic carbocycles. The lowest BCUT2D eigenvalue weighted by molar-refractivity contribution is -0.0109. The highest BCUT2D eigenvalue weighted by molar-refractivity contribution is 5.05. The summed E-state index contributed by atoms with van der Waals surface area (Å²) in [5.74, 6) is 0. The molecule has 1 aromatic heterocycles. The standard InChI is InChI=1S/C14H22N2O/c1-13(2)10-16(11-14(13,3)17)9-7-12-6-4-5-8-15-12/h4-6,8,17H,7,9-11H2,1-3H3/t14-/m0/s1. The number of β-amino-alcohol motifs (C(OH)–C–C–N with tert-alkyl or cyclic N) is 1. The van der Waals surface area contributed by atoms with Crippen molar-refractivity contribution in [3.05, 3.63) is 30.1 Å². The average molecular weight is 234 g/mol. The molecule has 1 aliphatic heterocycles. The van der Waals surface area contributed by atoms with Gasteiger partial charge in [-0.2, -0.15) is 0 Å². The molecule has 0 unspecified atom stereocenters. The van der Waals surface area contributed by atoms with Gasteiger partial charge in [0.1, 0.15) is 0 Å². The first-order valence-electron chi connectivity index (χ1n) is 6.25. The third-order valence-corrected chi connectivity index (χ3v) is 4.02. The maximum Gasteiger partial charge on any atom is 0.0808 e. The lowest BCUT2D eigenvalue weighted by atomic mass is 9.79. The summed E-state index contributed by atoms with van der Waals surface area (Å²) < 4.78 is 0. The zero-order valence-corrected chi connectivity index (χ0v) is 11.0. The Hall–Kier alpha value is -0.930. The van der Waals surface area contributed by atoms with E-state index in [1.165, 1.54) is 0 Å². The summed E-state index contributed by atoms with van der Waals surface area (Å²) in [6.07, 6.45) is 2.78. The molecular weight excluding hydrogens is 212 g/mol. The molecular formula is C14H22N2O. The van der Waals surface area contributed by atoms with E-state index in [1.54, 1.807) is 0 Å². The monoisotopic (exact) mass is 234 g/mol. The summed E-state index contributed by atoms with van der Waals surface area (Å²) in [4.78, 5) is 6.65. The number of rotatable bonds is 3. The zero-order valence-electron chi connectivity index (χ0n) is 11.0. The summed E-state index contributed by atoms with van der Waals surface area (Å²) >= 11 is 0. The van der Waals surface area contributed by atoms with Crippen molar-refractivity contribution < 1.29 is 5.11 Å². The highest BCUT2D eigenvalue weighted by atomic mass is 16.3. The predicted octanol–water partition coefficient (Wildman–Crippen LogP) is 1.72. The van der Waals surface area contributed by atoms with Crippen molar-refractivity contribution in [2.24, 2.45) is 5.41 Å². The first-order valence-corrected chi connectivity index (χ1v) is 6.25. The molecule has 0 radical (unpaired) electrons. The SMILES string of the molecule is CC1(C)CN(CCc2ccccn2)C[C@]1(C)O. The normalized spacial score (nSPS) is 28.5. The van der Waals surface area contributed by atoms with Gasteiger partial charge in [0.25, 0.3) is 0 Å². The Bertz CT molecular complexity index is 357. The molecule has 0 spiro atoms. The molecule has 0 bridgehead atoms. The second-order valence-electron chi connectivity index (χ2n) is 5.94. The highest BCUT2D eigenvalue weighted by Gasteiger charge is 2.47. The summed E-state index contributed by atoms with van der Waals surface area (Å²) in [5, 5.41) is 10.3. The maximum absolute atomic E-state index is 10.3. The third-order valence-electron chi connectivity index (χ3n) is 4.02. The van der Waals surface area contributed by atoms with Gasteiger partial charge in [0.15, 0.2) is 0 Å². The van der Waals surface area contributed by atoms with Gasteiger partial charge in [-0.1, -0.05) is 19.9 Å². The molecule has 3 nitrogen and oxygen atoms in total. The molecule has 1 saturated heterocycles. The van der Waals surface area contributed by atoms with E-state index in [2.05, 4.69) is 29.8 Å². The second-order valence-corrected chi connectivity index (χ2v) is 5.94. The van der Waals surface area contributed by atoms with E-state index in [1.807, 2.05) is 25.3 Å². The average Bonchev–Trinajstić information content (AvgIpc) is 2.46. The lowest BCUT2D eigenvalue weighted by Crippen LogP contribution is -2.40. The van der Waals surface area contributed by atoms with Crippen molar-refractivity contribution in [3.8, 4) is 0 Å². The zero-order chi connectivity index (χ0) is 12.5. The molecule has 1 aliphatic rings. The van der Waals surface area contributed by atoms with Gasteiger partial charge in [-0.05, 0) is 19.1 Å². The molecule has 1 atom stereocenters. The van der Waals surface area contributed by atoms with Crippen molar-refractivity contribution in [3.63, 3.8) is 0 Å². The fraction of sp³-hybridized carbons (Fsp3) is 0.643. The van der Waals surface area contributed by atoms with Crippen LogP contribution in [0.15, 0.2) is 24.4 Å². The molecule has 94 valence electrons. The van der Waals surface area contributed by atoms with Gasteiger partial charge >= 0.3 is 0 Å². The lowest BCUT2D eigenvalue weighted by Gasteiger charge is -2.31. The Morgan fingerprint density at radius 1 is 1.29 bits per heavy atom. The van der Waals surface area contributed by atoms with Crippen LogP contribution >= 0.6 is 0 Å². The van der Waals surface area contributed by atoms with E-state index in [4.69, 9.17) is 0 Å². The molecule has 0 amide bonds. The number of hydrogen-bond acceptors (Lipinski definition) is 3. The van der Waals surface area contributed by atoms with Gasteiger partial charge in [-0.25, -0.2) is 0 Å². The third kappa shape index (κ3) is 2.67. The molecule has 1 N–H and O–H groups in total. The van der Waals surface area contributed by atoms with Crippen LogP contribution in [0.5, 0.6) is 0 Å². The van der Waals surface area contributed by atoms with E-state index in [0.29, 0.717) is 0 Å². The van der Waals surface area contributed by atoms with Crippen molar-refractivity contribution in [1.29, 1.82) is 0 Å². The molecule has 3 heteroatoms. The smallest absolute Gasteiger partial charge is 0.0808 e. The molecule has 2 rings (SSSR count). The first kappa shape index (κ1) is 12.5. The van der Waals surface area contributed by atoms with Crippen LogP contribution in [0.3, 0.4) is 0 Å². The van der Waals surface area contributed by atoms with E-state index in [-0.39, 0.29) is 5.41 Å². The van der Waals surface area contributed by atoms with Crippen LogP contribution in [0.1, 0.15) is 26.5 Å². The van der Waals surface area contributed by atoms with Crippen LogP contribution in [0.2, 0.25) is 0 Å². The Morgan fingerprint density at radius 2 is 2.06 bits per heavy atom. The van der Waals surface area contributed by atoms with E-state index < -0.39 is 5.60 Å². The topological polar surface area (TPSA) is 36.4 Å². The minimum absolute atomic E-state index is 0.0306. The summed E-state index contributed by atoms with van der Waals surface area (Å²) in [7, 11) is 0. The van der Waals surface area contributed by atoms with Gasteiger partial charge in [0.2, 0.25) is 0 Å². The van der Waals surface area contributed by atoms with Gasteiger partial charge in [0, 0.05) is 43.4 Å². The Morgan fingerprint density at radius 3 is 2.59 bits per heavy atom. The van der Waals surface area contributed by atoms with Crippen LogP contribution in [0, 0.1) is 5.41 Å². The number of likely N-dealkylation sites (tertiary alicyclic amines) is 1. The van der Waals surface area contributed by atoms with Gasteiger partial charge in [-0.15, -0.1) is 0 Å². The van der Waals surface area contributed by atoms with Crippen LogP contribution in [0.25, 0.3) is 0 Å². The predicted molar refractivity (Wildman–Crippen MR) is 68.8 cm³/mol. The summed E-state index contributed by atoms with van der Waals surface area (Å²) in [6, 6.07) is 6.01. The fourth-order valence-corrected chi connectivity index (χ4v) is 2.41. The van der Waals surface area contributed by atoms with Crippen molar-refractivity contribution in [2.45, 2.75) is 32.8 Å². The van der Waals surface area contributed by atoms with Crippen molar-refractivity contribution in [1.82, 2.24) is 9.88 Å². The Kier molecular flexibility index (Phi) is 3.23. The molecule has 0 aromatic carbocycles. The number of aliphatic hydroxyl groups is 1. The van der Waals surface area contributed by atoms with Gasteiger partial charge in [0.05, 0.1) is 5.60 Å². The summed E-state index contributed by atoms with van der Waals surface area (Å²) in [5.41, 5.74) is 0.505. The Balaban J connectivity index is 1.91. The second kappa shape index (κ2) is 4.39. The van der Waals surface area contributed by atoms with Crippen LogP contribution in [0.4, 0.5) is 0 Å². The highest BCUT2D eigenvalue weighted by Crippen LogP contribution is 2.38. The number of aromatic nitrogens is 1. The number of hydrogen-bond donors (Lipinski definition) is 1. The molecule has 0 saturated carbocycles. The largest absolute Gasteiger partial charge is 0.388 e. The van der Waals surface area contributed by atoms with Crippen molar-refractivity contribution >= 4 is 0 Å². The minimum Gasteiger partial charge on any atom is -0.388 e. The number of nitrogens with zero attached hydrogens (tertiary/aromatic N) is 2. The molecule has 1 aromatic rings. The maximum atomic E-state index is 10.3. The summed E-state index contributed by atoms with van der Waals surface area (Å²) in [6.45, 7) is 8.88. The molecule has 1 fully saturated rings. The van der Waals surface area contributed by atoms with E-state index in [9.17, 15) is 5.11 Å². The number of pyridine rings is 1. The van der Waals surface area contributed by atoms with Crippen LogP contribution in [-0.2, 0) is 6.42 Å². The Labute approximate surface area is 103 Å². The van der Waals surface area contributed by atoms with Crippen molar-refractivity contribution in [2.75, 3.05) is 19.6 Å². The first-order chi connectivity index (χ1) is 7.91. The van der Waals surface area contributed by atoms with E-state index in [0.717, 1.165) is 31.7 Å². The fourth-order valence-electron chi connectivity index (χ4n) is 2.41. The molecule has 2 heterocycles. The van der Waals surface area contributed by atoms with Crippen LogP contribution in [-0.4, -0.2) is 40.2 Å². The minimum atomic E-state index is -0.586. The molecule has 17 heavy (non-hydrogen) atoms. The van der Waals surface area contributed by atoms with Gasteiger partial charge in [-0.3, -0.25) is 9.88 Å².